The quantitative estimate of drug-likeness (QED) is 0.618. The summed E-state index contributed by atoms with van der Waals surface area (Å²) >= 11 is 4.94. The summed E-state index contributed by atoms with van der Waals surface area (Å²) < 4.78 is 7.80. The van der Waals surface area contributed by atoms with E-state index >= 15 is 0 Å². The molecule has 0 aliphatic carbocycles. The van der Waals surface area contributed by atoms with E-state index in [0.29, 0.717) is 5.13 Å². The molecule has 0 saturated carbocycles. The van der Waals surface area contributed by atoms with Gasteiger partial charge in [0.2, 0.25) is 0 Å². The Hall–Kier alpha value is -1.92. The van der Waals surface area contributed by atoms with Crippen molar-refractivity contribution in [2.24, 2.45) is 0 Å². The number of benzene rings is 2. The normalized spacial score (nSPS) is 11.5. The number of carbonyl (C=O) groups excluding carboxylic acids is 1. The minimum Gasteiger partial charge on any atom is -0.483 e. The van der Waals surface area contributed by atoms with Crippen molar-refractivity contribution in [2.45, 2.75) is 26.2 Å². The third-order valence-corrected chi connectivity index (χ3v) is 5.09. The van der Waals surface area contributed by atoms with Crippen LogP contribution in [0.25, 0.3) is 10.2 Å². The van der Waals surface area contributed by atoms with Gasteiger partial charge in [0.15, 0.2) is 11.7 Å². The molecule has 4 nitrogen and oxygen atoms in total. The van der Waals surface area contributed by atoms with Crippen molar-refractivity contribution in [3.05, 3.63) is 52.5 Å². The van der Waals surface area contributed by atoms with E-state index in [-0.39, 0.29) is 17.9 Å². The van der Waals surface area contributed by atoms with Crippen molar-refractivity contribution in [3.8, 4) is 5.75 Å². The fourth-order valence-corrected chi connectivity index (χ4v) is 3.68. The highest BCUT2D eigenvalue weighted by Gasteiger charge is 2.20. The maximum Gasteiger partial charge on any atom is 0.264 e. The second-order valence-corrected chi connectivity index (χ2v) is 8.66. The predicted octanol–water partition coefficient (Wildman–Crippen LogP) is 5.37. The number of aromatic nitrogens is 1. The third kappa shape index (κ3) is 4.38. The molecule has 6 heteroatoms. The number of rotatable bonds is 4. The largest absolute Gasteiger partial charge is 0.483 e. The molecule has 2 aromatic carbocycles. The van der Waals surface area contributed by atoms with E-state index in [9.17, 15) is 4.79 Å². The van der Waals surface area contributed by atoms with Crippen molar-refractivity contribution in [2.75, 3.05) is 11.9 Å². The van der Waals surface area contributed by atoms with Crippen LogP contribution in [0.3, 0.4) is 0 Å². The minimum absolute atomic E-state index is 0.0549. The van der Waals surface area contributed by atoms with Gasteiger partial charge in [0.1, 0.15) is 5.75 Å². The average Bonchev–Trinajstić information content (AvgIpc) is 2.95. The van der Waals surface area contributed by atoms with Crippen molar-refractivity contribution in [3.63, 3.8) is 0 Å². The van der Waals surface area contributed by atoms with Gasteiger partial charge >= 0.3 is 0 Å². The molecule has 1 N–H and O–H groups in total. The van der Waals surface area contributed by atoms with Gasteiger partial charge in [-0.05, 0) is 35.7 Å². The standard InChI is InChI=1S/C19H19BrN2O2S/c1-19(2,3)13-10-12(20)8-9-15(13)24-11-17(23)22-18-21-14-6-4-5-7-16(14)25-18/h4-10H,11H2,1-3H3,(H,21,22,23). The lowest BCUT2D eigenvalue weighted by atomic mass is 9.86. The number of hydrogen-bond acceptors (Lipinski definition) is 4. The summed E-state index contributed by atoms with van der Waals surface area (Å²) in [7, 11) is 0. The van der Waals surface area contributed by atoms with Gasteiger partial charge in [-0.1, -0.05) is 60.2 Å². The number of fused-ring (bicyclic) bond motifs is 1. The molecule has 1 amide bonds. The summed E-state index contributed by atoms with van der Waals surface area (Å²) in [5.74, 6) is 0.497. The molecule has 3 rings (SSSR count). The van der Waals surface area contributed by atoms with Gasteiger partial charge < -0.3 is 4.74 Å². The van der Waals surface area contributed by atoms with E-state index in [1.807, 2.05) is 42.5 Å². The molecule has 0 atom stereocenters. The number of para-hydroxylation sites is 1. The zero-order chi connectivity index (χ0) is 18.0. The van der Waals surface area contributed by atoms with Crippen LogP contribution in [-0.4, -0.2) is 17.5 Å². The Balaban J connectivity index is 1.68. The monoisotopic (exact) mass is 418 g/mol. The Bertz CT molecular complexity index is 882. The first-order valence-corrected chi connectivity index (χ1v) is 9.52. The molecule has 3 aromatic rings. The highest BCUT2D eigenvalue weighted by Crippen LogP contribution is 2.33. The van der Waals surface area contributed by atoms with Gasteiger partial charge in [0.25, 0.3) is 5.91 Å². The van der Waals surface area contributed by atoms with Gasteiger partial charge in [-0.25, -0.2) is 4.98 Å². The average molecular weight is 419 g/mol. The maximum absolute atomic E-state index is 12.2. The zero-order valence-electron chi connectivity index (χ0n) is 14.3. The fraction of sp³-hybridized carbons (Fsp3) is 0.263. The van der Waals surface area contributed by atoms with Crippen LogP contribution < -0.4 is 10.1 Å². The van der Waals surface area contributed by atoms with E-state index in [4.69, 9.17) is 4.74 Å². The molecule has 0 spiro atoms. The first-order valence-electron chi connectivity index (χ1n) is 7.91. The summed E-state index contributed by atoms with van der Waals surface area (Å²) in [4.78, 5) is 16.6. The number of amides is 1. The summed E-state index contributed by atoms with van der Waals surface area (Å²) in [6.45, 7) is 6.29. The van der Waals surface area contributed by atoms with E-state index in [2.05, 4.69) is 47.0 Å². The molecular weight excluding hydrogens is 400 g/mol. The lowest BCUT2D eigenvalue weighted by molar-refractivity contribution is -0.118. The van der Waals surface area contributed by atoms with Crippen LogP contribution in [0.2, 0.25) is 0 Å². The van der Waals surface area contributed by atoms with E-state index in [1.165, 1.54) is 11.3 Å². The molecular formula is C19H19BrN2O2S. The van der Waals surface area contributed by atoms with Crippen LogP contribution in [0.15, 0.2) is 46.9 Å². The first kappa shape index (κ1) is 17.9. The van der Waals surface area contributed by atoms with Gasteiger partial charge in [-0.2, -0.15) is 0 Å². The van der Waals surface area contributed by atoms with E-state index < -0.39 is 0 Å². The Morgan fingerprint density at radius 2 is 2.00 bits per heavy atom. The van der Waals surface area contributed by atoms with Crippen LogP contribution in [-0.2, 0) is 10.2 Å². The van der Waals surface area contributed by atoms with Crippen molar-refractivity contribution >= 4 is 48.5 Å². The SMILES string of the molecule is CC(C)(C)c1cc(Br)ccc1OCC(=O)Nc1nc2ccccc2s1. The lowest BCUT2D eigenvalue weighted by Gasteiger charge is -2.23. The lowest BCUT2D eigenvalue weighted by Crippen LogP contribution is -2.21. The second-order valence-electron chi connectivity index (χ2n) is 6.71. The Morgan fingerprint density at radius 3 is 2.72 bits per heavy atom. The van der Waals surface area contributed by atoms with Gasteiger partial charge in [0.05, 0.1) is 10.2 Å². The molecule has 0 radical (unpaired) electrons. The molecule has 0 aliphatic heterocycles. The molecule has 25 heavy (non-hydrogen) atoms. The molecule has 0 bridgehead atoms. The maximum atomic E-state index is 12.2. The van der Waals surface area contributed by atoms with Crippen molar-refractivity contribution in [1.29, 1.82) is 0 Å². The Morgan fingerprint density at radius 1 is 1.24 bits per heavy atom. The highest BCUT2D eigenvalue weighted by molar-refractivity contribution is 9.10. The number of halogens is 1. The molecule has 0 saturated heterocycles. The van der Waals surface area contributed by atoms with Crippen LogP contribution >= 0.6 is 27.3 Å². The number of carbonyl (C=O) groups is 1. The fourth-order valence-electron chi connectivity index (χ4n) is 2.44. The van der Waals surface area contributed by atoms with Gasteiger partial charge in [-0.15, -0.1) is 0 Å². The van der Waals surface area contributed by atoms with E-state index in [0.717, 1.165) is 26.0 Å². The molecule has 1 heterocycles. The summed E-state index contributed by atoms with van der Waals surface area (Å²) in [6.07, 6.45) is 0. The predicted molar refractivity (Wildman–Crippen MR) is 107 cm³/mol. The highest BCUT2D eigenvalue weighted by atomic mass is 79.9. The molecule has 130 valence electrons. The molecule has 0 aliphatic rings. The topological polar surface area (TPSA) is 51.2 Å². The first-order chi connectivity index (χ1) is 11.8. The van der Waals surface area contributed by atoms with E-state index in [1.54, 1.807) is 0 Å². The zero-order valence-corrected chi connectivity index (χ0v) is 16.7. The molecule has 0 fully saturated rings. The van der Waals surface area contributed by atoms with Crippen LogP contribution in [0.5, 0.6) is 5.75 Å². The summed E-state index contributed by atoms with van der Waals surface area (Å²) in [5, 5.41) is 3.39. The van der Waals surface area contributed by atoms with Crippen LogP contribution in [0.1, 0.15) is 26.3 Å². The number of nitrogens with zero attached hydrogens (tertiary/aromatic N) is 1. The Labute approximate surface area is 159 Å². The second kappa shape index (κ2) is 7.14. The minimum atomic E-state index is -0.221. The van der Waals surface area contributed by atoms with Gasteiger partial charge in [0, 0.05) is 10.0 Å². The Kier molecular flexibility index (Phi) is 5.11. The van der Waals surface area contributed by atoms with Crippen molar-refractivity contribution < 1.29 is 9.53 Å². The van der Waals surface area contributed by atoms with Crippen molar-refractivity contribution in [1.82, 2.24) is 4.98 Å². The number of thiazole rings is 1. The van der Waals surface area contributed by atoms with Gasteiger partial charge in [-0.3, -0.25) is 10.1 Å². The number of ether oxygens (including phenoxy) is 1. The van der Waals surface area contributed by atoms with Crippen LogP contribution in [0, 0.1) is 0 Å². The summed E-state index contributed by atoms with van der Waals surface area (Å²) in [5.41, 5.74) is 1.85. The van der Waals surface area contributed by atoms with Crippen LogP contribution in [0.4, 0.5) is 5.13 Å². The third-order valence-electron chi connectivity index (χ3n) is 3.65. The molecule has 0 unspecified atom stereocenters. The number of hydrogen-bond donors (Lipinski definition) is 1. The number of nitrogens with one attached hydrogen (secondary N) is 1. The smallest absolute Gasteiger partial charge is 0.264 e. The number of anilines is 1. The summed E-state index contributed by atoms with van der Waals surface area (Å²) in [6, 6.07) is 13.6. The molecule has 1 aromatic heterocycles.